The highest BCUT2D eigenvalue weighted by Crippen LogP contribution is 2.47. The zero-order chi connectivity index (χ0) is 8.72. The Morgan fingerprint density at radius 3 is 2.67 bits per heavy atom. The van der Waals surface area contributed by atoms with Crippen LogP contribution in [0.3, 0.4) is 0 Å². The number of rotatable bonds is 2. The largest absolute Gasteiger partial charge is 0.342 e. The predicted molar refractivity (Wildman–Crippen MR) is 51.2 cm³/mol. The second-order valence-electron chi connectivity index (χ2n) is 4.03. The molecule has 0 bridgehead atoms. The van der Waals surface area contributed by atoms with Gasteiger partial charge in [0.1, 0.15) is 0 Å². The van der Waals surface area contributed by atoms with Gasteiger partial charge in [-0.1, -0.05) is 0 Å². The van der Waals surface area contributed by atoms with Gasteiger partial charge in [-0.15, -0.1) is 0 Å². The molecule has 0 aromatic heterocycles. The summed E-state index contributed by atoms with van der Waals surface area (Å²) in [6.45, 7) is 3.66. The molecule has 0 N–H and O–H groups in total. The molecule has 1 aliphatic heterocycles. The van der Waals surface area contributed by atoms with Gasteiger partial charge in [0.05, 0.1) is 0 Å². The van der Waals surface area contributed by atoms with Crippen molar-refractivity contribution in [1.82, 2.24) is 4.90 Å². The Hall–Kier alpha value is -0.180. The second-order valence-corrected chi connectivity index (χ2v) is 4.39. The number of thiol groups is 1. The number of hydrogen-bond donors (Lipinski definition) is 1. The summed E-state index contributed by atoms with van der Waals surface area (Å²) in [5.74, 6) is 3.80. The van der Waals surface area contributed by atoms with Crippen molar-refractivity contribution in [3.63, 3.8) is 0 Å². The van der Waals surface area contributed by atoms with Crippen LogP contribution >= 0.6 is 12.6 Å². The van der Waals surface area contributed by atoms with E-state index < -0.39 is 0 Å². The second kappa shape index (κ2) is 2.95. The molecule has 2 aliphatic rings. The molecule has 2 unspecified atom stereocenters. The number of carbonyl (C=O) groups excluding carboxylic acids is 1. The van der Waals surface area contributed by atoms with Crippen molar-refractivity contribution >= 4 is 18.5 Å². The number of carbonyl (C=O) groups is 1. The Kier molecular flexibility index (Phi) is 2.07. The van der Waals surface area contributed by atoms with Gasteiger partial charge in [-0.3, -0.25) is 4.79 Å². The van der Waals surface area contributed by atoms with Gasteiger partial charge in [0.2, 0.25) is 5.91 Å². The summed E-state index contributed by atoms with van der Waals surface area (Å²) in [7, 11) is 0. The van der Waals surface area contributed by atoms with E-state index in [9.17, 15) is 4.79 Å². The van der Waals surface area contributed by atoms with E-state index in [4.69, 9.17) is 0 Å². The fraction of sp³-hybridized carbons (Fsp3) is 0.889. The number of likely N-dealkylation sites (tertiary alicyclic amines) is 1. The first-order chi connectivity index (χ1) is 5.72. The molecule has 2 rings (SSSR count). The zero-order valence-electron chi connectivity index (χ0n) is 7.36. The molecule has 2 atom stereocenters. The van der Waals surface area contributed by atoms with Crippen molar-refractivity contribution in [3.05, 3.63) is 0 Å². The molecule has 1 heterocycles. The minimum absolute atomic E-state index is 0.231. The maximum absolute atomic E-state index is 10.9. The van der Waals surface area contributed by atoms with Crippen molar-refractivity contribution in [3.8, 4) is 0 Å². The molecule has 1 amide bonds. The van der Waals surface area contributed by atoms with E-state index >= 15 is 0 Å². The molecule has 0 aromatic carbocycles. The standard InChI is InChI=1S/C9H15NOS/c1-6(11)10-3-8(4-10)9-2-7(9)5-12/h7-9,12H,2-5H2,1H3. The van der Waals surface area contributed by atoms with E-state index in [1.807, 2.05) is 4.90 Å². The number of hydrogen-bond acceptors (Lipinski definition) is 2. The maximum atomic E-state index is 10.9. The SMILES string of the molecule is CC(=O)N1CC(C2CC2CS)C1. The number of nitrogens with zero attached hydrogens (tertiary/aromatic N) is 1. The van der Waals surface area contributed by atoms with Crippen LogP contribution in [0.1, 0.15) is 13.3 Å². The monoisotopic (exact) mass is 185 g/mol. The highest BCUT2D eigenvalue weighted by atomic mass is 32.1. The lowest BCUT2D eigenvalue weighted by Gasteiger charge is -2.39. The fourth-order valence-corrected chi connectivity index (χ4v) is 2.52. The van der Waals surface area contributed by atoms with Gasteiger partial charge in [-0.05, 0) is 29.9 Å². The third-order valence-electron chi connectivity index (χ3n) is 3.17. The molecular weight excluding hydrogens is 170 g/mol. The Bertz CT molecular complexity index is 201. The topological polar surface area (TPSA) is 20.3 Å². The molecule has 2 fully saturated rings. The summed E-state index contributed by atoms with van der Waals surface area (Å²) >= 11 is 4.28. The van der Waals surface area contributed by atoms with Crippen LogP contribution in [0.2, 0.25) is 0 Å². The van der Waals surface area contributed by atoms with Crippen molar-refractivity contribution in [1.29, 1.82) is 0 Å². The van der Waals surface area contributed by atoms with E-state index in [1.165, 1.54) is 6.42 Å². The van der Waals surface area contributed by atoms with Gasteiger partial charge in [-0.2, -0.15) is 12.6 Å². The summed E-state index contributed by atoms with van der Waals surface area (Å²) < 4.78 is 0. The lowest BCUT2D eigenvalue weighted by molar-refractivity contribution is -0.135. The fourth-order valence-electron chi connectivity index (χ4n) is 2.10. The summed E-state index contributed by atoms with van der Waals surface area (Å²) in [6, 6.07) is 0. The van der Waals surface area contributed by atoms with Crippen LogP contribution in [0.25, 0.3) is 0 Å². The molecule has 0 radical (unpaired) electrons. The average molecular weight is 185 g/mol. The van der Waals surface area contributed by atoms with E-state index in [1.54, 1.807) is 6.92 Å². The molecule has 0 spiro atoms. The van der Waals surface area contributed by atoms with Crippen molar-refractivity contribution < 1.29 is 4.79 Å². The first kappa shape index (κ1) is 8.42. The third-order valence-corrected chi connectivity index (χ3v) is 3.64. The summed E-state index contributed by atoms with van der Waals surface area (Å²) in [5, 5.41) is 0. The van der Waals surface area contributed by atoms with Gasteiger partial charge >= 0.3 is 0 Å². The van der Waals surface area contributed by atoms with Gasteiger partial charge in [0.25, 0.3) is 0 Å². The highest BCUT2D eigenvalue weighted by molar-refractivity contribution is 7.80. The molecule has 1 saturated heterocycles. The molecule has 1 aliphatic carbocycles. The molecule has 1 saturated carbocycles. The first-order valence-corrected chi connectivity index (χ1v) is 5.22. The van der Waals surface area contributed by atoms with Gasteiger partial charge < -0.3 is 4.90 Å². The molecular formula is C9H15NOS. The van der Waals surface area contributed by atoms with Crippen LogP contribution in [0.4, 0.5) is 0 Å². The maximum Gasteiger partial charge on any atom is 0.219 e. The molecule has 68 valence electrons. The van der Waals surface area contributed by atoms with Crippen LogP contribution in [0.15, 0.2) is 0 Å². The van der Waals surface area contributed by atoms with Crippen molar-refractivity contribution in [2.75, 3.05) is 18.8 Å². The van der Waals surface area contributed by atoms with Crippen LogP contribution in [0, 0.1) is 17.8 Å². The first-order valence-electron chi connectivity index (χ1n) is 4.58. The minimum atomic E-state index is 0.231. The Labute approximate surface area is 78.7 Å². The molecule has 3 heteroatoms. The quantitative estimate of drug-likeness (QED) is 0.637. The van der Waals surface area contributed by atoms with E-state index in [0.717, 1.165) is 36.6 Å². The van der Waals surface area contributed by atoms with Gasteiger partial charge in [0, 0.05) is 20.0 Å². The lowest BCUT2D eigenvalue weighted by Crippen LogP contribution is -2.50. The van der Waals surface area contributed by atoms with E-state index in [-0.39, 0.29) is 5.91 Å². The van der Waals surface area contributed by atoms with Crippen LogP contribution in [0.5, 0.6) is 0 Å². The van der Waals surface area contributed by atoms with Crippen LogP contribution < -0.4 is 0 Å². The smallest absolute Gasteiger partial charge is 0.219 e. The zero-order valence-corrected chi connectivity index (χ0v) is 8.26. The van der Waals surface area contributed by atoms with E-state index in [2.05, 4.69) is 12.6 Å². The van der Waals surface area contributed by atoms with Gasteiger partial charge in [0.15, 0.2) is 0 Å². The highest BCUT2D eigenvalue weighted by Gasteiger charge is 2.46. The Morgan fingerprint density at radius 1 is 1.58 bits per heavy atom. The predicted octanol–water partition coefficient (Wildman–Crippen LogP) is 1.03. The Morgan fingerprint density at radius 2 is 2.25 bits per heavy atom. The number of amides is 1. The van der Waals surface area contributed by atoms with Gasteiger partial charge in [-0.25, -0.2) is 0 Å². The molecule has 0 aromatic rings. The average Bonchev–Trinajstić information content (AvgIpc) is 2.63. The van der Waals surface area contributed by atoms with Crippen LogP contribution in [-0.4, -0.2) is 29.6 Å². The summed E-state index contributed by atoms with van der Waals surface area (Å²) in [6.07, 6.45) is 1.35. The summed E-state index contributed by atoms with van der Waals surface area (Å²) in [4.78, 5) is 12.8. The lowest BCUT2D eigenvalue weighted by atomic mass is 9.93. The molecule has 2 nitrogen and oxygen atoms in total. The molecule has 12 heavy (non-hydrogen) atoms. The minimum Gasteiger partial charge on any atom is -0.342 e. The van der Waals surface area contributed by atoms with Crippen molar-refractivity contribution in [2.45, 2.75) is 13.3 Å². The van der Waals surface area contributed by atoms with E-state index in [0.29, 0.717) is 0 Å². The van der Waals surface area contributed by atoms with Crippen molar-refractivity contribution in [2.24, 2.45) is 17.8 Å². The normalized spacial score (nSPS) is 34.7. The van der Waals surface area contributed by atoms with Crippen LogP contribution in [-0.2, 0) is 4.79 Å². The summed E-state index contributed by atoms with van der Waals surface area (Å²) in [5.41, 5.74) is 0. The third kappa shape index (κ3) is 1.35. The Balaban J connectivity index is 1.73.